The summed E-state index contributed by atoms with van der Waals surface area (Å²) in [7, 11) is 0. The van der Waals surface area contributed by atoms with Gasteiger partial charge < -0.3 is 5.32 Å². The number of aromatic nitrogens is 2. The van der Waals surface area contributed by atoms with Crippen molar-refractivity contribution in [1.82, 2.24) is 15.1 Å². The molecular weight excluding hydrogens is 229 g/mol. The third-order valence-corrected chi connectivity index (χ3v) is 3.40. The van der Waals surface area contributed by atoms with Gasteiger partial charge in [-0.3, -0.25) is 0 Å². The van der Waals surface area contributed by atoms with Crippen molar-refractivity contribution < 1.29 is 4.39 Å². The van der Waals surface area contributed by atoms with Gasteiger partial charge in [-0.05, 0) is 55.6 Å². The van der Waals surface area contributed by atoms with E-state index in [1.54, 1.807) is 10.7 Å². The molecule has 0 aliphatic carbocycles. The predicted octanol–water partition coefficient (Wildman–Crippen LogP) is 2.16. The van der Waals surface area contributed by atoms with Crippen molar-refractivity contribution in [3.63, 3.8) is 0 Å². The van der Waals surface area contributed by atoms with Crippen LogP contribution in [0.25, 0.3) is 5.69 Å². The molecule has 1 atom stereocenters. The molecule has 3 rings (SSSR count). The monoisotopic (exact) mass is 245 g/mol. The van der Waals surface area contributed by atoms with Crippen LogP contribution in [0.1, 0.15) is 12.0 Å². The predicted molar refractivity (Wildman–Crippen MR) is 68.2 cm³/mol. The summed E-state index contributed by atoms with van der Waals surface area (Å²) in [5.41, 5.74) is 1.98. The van der Waals surface area contributed by atoms with Crippen LogP contribution < -0.4 is 5.32 Å². The van der Waals surface area contributed by atoms with Gasteiger partial charge in [-0.15, -0.1) is 0 Å². The van der Waals surface area contributed by atoms with E-state index < -0.39 is 0 Å². The molecule has 2 aromatic rings. The summed E-state index contributed by atoms with van der Waals surface area (Å²) in [5.74, 6) is 0.472. The number of nitrogens with one attached hydrogen (secondary N) is 1. The Morgan fingerprint density at radius 1 is 1.44 bits per heavy atom. The van der Waals surface area contributed by atoms with Gasteiger partial charge in [-0.25, -0.2) is 9.07 Å². The van der Waals surface area contributed by atoms with Crippen LogP contribution in [0.3, 0.4) is 0 Å². The molecule has 1 N–H and O–H groups in total. The molecule has 3 nitrogen and oxygen atoms in total. The largest absolute Gasteiger partial charge is 0.316 e. The average molecular weight is 245 g/mol. The second-order valence-electron chi connectivity index (χ2n) is 4.84. The molecule has 0 amide bonds. The van der Waals surface area contributed by atoms with Crippen molar-refractivity contribution in [3.8, 4) is 5.69 Å². The van der Waals surface area contributed by atoms with Gasteiger partial charge in [0, 0.05) is 6.20 Å². The van der Waals surface area contributed by atoms with Crippen LogP contribution in [0.4, 0.5) is 4.39 Å². The molecule has 1 unspecified atom stereocenters. The van der Waals surface area contributed by atoms with Crippen LogP contribution in [0, 0.1) is 11.7 Å². The molecule has 2 heterocycles. The van der Waals surface area contributed by atoms with E-state index in [1.807, 2.05) is 18.5 Å². The number of rotatable bonds is 3. The first kappa shape index (κ1) is 11.4. The first-order chi connectivity index (χ1) is 8.81. The fourth-order valence-electron chi connectivity index (χ4n) is 2.45. The maximum atomic E-state index is 13.1. The van der Waals surface area contributed by atoms with Crippen molar-refractivity contribution in [2.45, 2.75) is 12.8 Å². The summed E-state index contributed by atoms with van der Waals surface area (Å²) in [4.78, 5) is 0. The molecule has 18 heavy (non-hydrogen) atoms. The molecule has 0 spiro atoms. The van der Waals surface area contributed by atoms with E-state index >= 15 is 0 Å². The van der Waals surface area contributed by atoms with E-state index in [0.717, 1.165) is 25.2 Å². The van der Waals surface area contributed by atoms with E-state index in [2.05, 4.69) is 10.4 Å². The van der Waals surface area contributed by atoms with Crippen LogP contribution in [0.5, 0.6) is 0 Å². The molecule has 0 saturated carbocycles. The summed E-state index contributed by atoms with van der Waals surface area (Å²) in [5, 5.41) is 7.66. The summed E-state index contributed by atoms with van der Waals surface area (Å²) in [6, 6.07) is 6.50. The Labute approximate surface area is 106 Å². The van der Waals surface area contributed by atoms with Gasteiger partial charge in [-0.2, -0.15) is 5.10 Å². The van der Waals surface area contributed by atoms with Crippen molar-refractivity contribution in [3.05, 3.63) is 48.0 Å². The summed E-state index contributed by atoms with van der Waals surface area (Å²) in [6.45, 7) is 2.20. The molecule has 1 saturated heterocycles. The zero-order valence-electron chi connectivity index (χ0n) is 10.1. The third-order valence-electron chi connectivity index (χ3n) is 3.40. The lowest BCUT2D eigenvalue weighted by molar-refractivity contribution is 0.580. The van der Waals surface area contributed by atoms with E-state index in [0.29, 0.717) is 5.92 Å². The van der Waals surface area contributed by atoms with Crippen molar-refractivity contribution in [1.29, 1.82) is 0 Å². The fraction of sp³-hybridized carbons (Fsp3) is 0.357. The zero-order chi connectivity index (χ0) is 12.4. The lowest BCUT2D eigenvalue weighted by atomic mass is 10.0. The highest BCUT2D eigenvalue weighted by Crippen LogP contribution is 2.16. The Morgan fingerprint density at radius 3 is 3.17 bits per heavy atom. The lowest BCUT2D eigenvalue weighted by Gasteiger charge is -2.04. The maximum absolute atomic E-state index is 13.1. The molecule has 0 radical (unpaired) electrons. The first-order valence-corrected chi connectivity index (χ1v) is 6.31. The molecule has 94 valence electrons. The van der Waals surface area contributed by atoms with Crippen LogP contribution in [0.2, 0.25) is 0 Å². The van der Waals surface area contributed by atoms with E-state index in [-0.39, 0.29) is 5.82 Å². The molecule has 1 aliphatic heterocycles. The highest BCUT2D eigenvalue weighted by Gasteiger charge is 2.15. The van der Waals surface area contributed by atoms with E-state index in [9.17, 15) is 4.39 Å². The Hall–Kier alpha value is -1.68. The Morgan fingerprint density at radius 2 is 2.39 bits per heavy atom. The number of halogens is 1. The number of hydrogen-bond donors (Lipinski definition) is 1. The van der Waals surface area contributed by atoms with Gasteiger partial charge in [-0.1, -0.05) is 6.07 Å². The van der Waals surface area contributed by atoms with E-state index in [4.69, 9.17) is 0 Å². The fourth-order valence-corrected chi connectivity index (χ4v) is 2.45. The van der Waals surface area contributed by atoms with Crippen LogP contribution in [-0.2, 0) is 6.42 Å². The van der Waals surface area contributed by atoms with Crippen LogP contribution in [-0.4, -0.2) is 22.9 Å². The second kappa shape index (κ2) is 4.90. The minimum Gasteiger partial charge on any atom is -0.316 e. The van der Waals surface area contributed by atoms with Crippen molar-refractivity contribution in [2.24, 2.45) is 5.92 Å². The lowest BCUT2D eigenvalue weighted by Crippen LogP contribution is -2.10. The average Bonchev–Trinajstić information content (AvgIpc) is 3.01. The smallest absolute Gasteiger partial charge is 0.125 e. The maximum Gasteiger partial charge on any atom is 0.125 e. The summed E-state index contributed by atoms with van der Waals surface area (Å²) < 4.78 is 14.9. The highest BCUT2D eigenvalue weighted by atomic mass is 19.1. The quantitative estimate of drug-likeness (QED) is 0.898. The summed E-state index contributed by atoms with van der Waals surface area (Å²) >= 11 is 0. The molecular formula is C14H16FN3. The molecule has 1 aliphatic rings. The van der Waals surface area contributed by atoms with Gasteiger partial charge in [0.15, 0.2) is 0 Å². The van der Waals surface area contributed by atoms with E-state index in [1.165, 1.54) is 24.1 Å². The number of benzene rings is 1. The highest BCUT2D eigenvalue weighted by molar-refractivity contribution is 5.31. The molecule has 4 heteroatoms. The summed E-state index contributed by atoms with van der Waals surface area (Å²) in [6.07, 6.45) is 6.14. The first-order valence-electron chi connectivity index (χ1n) is 6.31. The molecule has 1 fully saturated rings. The zero-order valence-corrected chi connectivity index (χ0v) is 10.1. The molecule has 1 aromatic carbocycles. The van der Waals surface area contributed by atoms with Gasteiger partial charge in [0.25, 0.3) is 0 Å². The van der Waals surface area contributed by atoms with Crippen LogP contribution >= 0.6 is 0 Å². The second-order valence-corrected chi connectivity index (χ2v) is 4.84. The number of nitrogens with zero attached hydrogens (tertiary/aromatic N) is 2. The van der Waals surface area contributed by atoms with Crippen molar-refractivity contribution >= 4 is 0 Å². The van der Waals surface area contributed by atoms with Gasteiger partial charge in [0.2, 0.25) is 0 Å². The SMILES string of the molecule is Fc1cccc(-n2cc(CC3CCNC3)cn2)c1. The minimum absolute atomic E-state index is 0.232. The Bertz CT molecular complexity index is 529. The number of hydrogen-bond acceptors (Lipinski definition) is 2. The topological polar surface area (TPSA) is 29.9 Å². The molecule has 0 bridgehead atoms. The Kier molecular flexibility index (Phi) is 3.11. The standard InChI is InChI=1S/C14H16FN3/c15-13-2-1-3-14(7-13)18-10-12(9-17-18)6-11-4-5-16-8-11/h1-3,7,9-11,16H,4-6,8H2. The normalized spacial score (nSPS) is 19.3. The third kappa shape index (κ3) is 2.43. The van der Waals surface area contributed by atoms with Gasteiger partial charge >= 0.3 is 0 Å². The van der Waals surface area contributed by atoms with Gasteiger partial charge in [0.05, 0.1) is 11.9 Å². The van der Waals surface area contributed by atoms with Crippen LogP contribution in [0.15, 0.2) is 36.7 Å². The van der Waals surface area contributed by atoms with Crippen molar-refractivity contribution in [2.75, 3.05) is 13.1 Å². The van der Waals surface area contributed by atoms with Gasteiger partial charge in [0.1, 0.15) is 5.82 Å². The molecule has 1 aromatic heterocycles. The Balaban J connectivity index is 1.76. The minimum atomic E-state index is -0.232.